The molecule has 0 bridgehead atoms. The van der Waals surface area contributed by atoms with Crippen LogP contribution in [-0.2, 0) is 6.42 Å². The van der Waals surface area contributed by atoms with E-state index in [9.17, 15) is 4.39 Å². The molecular weight excluding hydrogens is 249 g/mol. The van der Waals surface area contributed by atoms with Crippen LogP contribution >= 0.6 is 0 Å². The van der Waals surface area contributed by atoms with Gasteiger partial charge in [-0.1, -0.05) is 38.3 Å². The Hall–Kier alpha value is -0.890. The molecule has 0 aliphatic heterocycles. The normalized spacial score (nSPS) is 13.4. The largest absolute Gasteiger partial charge is 0.312 e. The number of rotatable bonds is 8. The average molecular weight is 279 g/mol. The van der Waals surface area contributed by atoms with Gasteiger partial charge < -0.3 is 5.32 Å². The lowest BCUT2D eigenvalue weighted by Gasteiger charge is -2.25. The standard InChI is InChI=1S/C18H30FN/c1-5-6-7-8-16(14-20-18(2,3)4)13-15-9-11-17(19)12-10-15/h9-12,16,20H,5-8,13-14H2,1-4H3. The van der Waals surface area contributed by atoms with E-state index in [1.54, 1.807) is 12.1 Å². The van der Waals surface area contributed by atoms with E-state index in [0.29, 0.717) is 5.92 Å². The third kappa shape index (κ3) is 7.64. The van der Waals surface area contributed by atoms with Crippen molar-refractivity contribution in [3.8, 4) is 0 Å². The molecule has 0 fully saturated rings. The number of hydrogen-bond donors (Lipinski definition) is 1. The smallest absolute Gasteiger partial charge is 0.123 e. The summed E-state index contributed by atoms with van der Waals surface area (Å²) in [5.41, 5.74) is 1.40. The van der Waals surface area contributed by atoms with Crippen molar-refractivity contribution in [3.63, 3.8) is 0 Å². The summed E-state index contributed by atoms with van der Waals surface area (Å²) in [6, 6.07) is 6.96. The molecule has 1 unspecified atom stereocenters. The first kappa shape index (κ1) is 17.2. The molecule has 114 valence electrons. The molecule has 0 aromatic heterocycles. The molecule has 0 saturated carbocycles. The summed E-state index contributed by atoms with van der Waals surface area (Å²) in [5.74, 6) is 0.482. The van der Waals surface area contributed by atoms with Gasteiger partial charge >= 0.3 is 0 Å². The quantitative estimate of drug-likeness (QED) is 0.664. The molecule has 0 heterocycles. The Bertz CT molecular complexity index is 364. The van der Waals surface area contributed by atoms with Gasteiger partial charge in [0.2, 0.25) is 0 Å². The molecule has 0 aliphatic carbocycles. The second-order valence-corrected chi connectivity index (χ2v) is 6.82. The summed E-state index contributed by atoms with van der Waals surface area (Å²) in [6.07, 6.45) is 6.13. The van der Waals surface area contributed by atoms with Crippen LogP contribution in [0.5, 0.6) is 0 Å². The molecule has 0 saturated heterocycles. The minimum atomic E-state index is -0.149. The Morgan fingerprint density at radius 3 is 2.30 bits per heavy atom. The lowest BCUT2D eigenvalue weighted by atomic mass is 9.92. The molecule has 1 nitrogen and oxygen atoms in total. The molecule has 0 aliphatic rings. The Labute approximate surface area is 124 Å². The highest BCUT2D eigenvalue weighted by Crippen LogP contribution is 2.17. The van der Waals surface area contributed by atoms with Crippen LogP contribution in [0.1, 0.15) is 58.9 Å². The highest BCUT2D eigenvalue weighted by Gasteiger charge is 2.14. The van der Waals surface area contributed by atoms with Crippen molar-refractivity contribution in [2.45, 2.75) is 65.3 Å². The van der Waals surface area contributed by atoms with Crippen LogP contribution in [-0.4, -0.2) is 12.1 Å². The van der Waals surface area contributed by atoms with Crippen molar-refractivity contribution in [2.24, 2.45) is 5.92 Å². The van der Waals surface area contributed by atoms with Gasteiger partial charge in [0.05, 0.1) is 0 Å². The Morgan fingerprint density at radius 1 is 1.10 bits per heavy atom. The summed E-state index contributed by atoms with van der Waals surface area (Å²) in [6.45, 7) is 9.88. The zero-order chi connectivity index (χ0) is 15.0. The molecular formula is C18H30FN. The first-order valence-corrected chi connectivity index (χ1v) is 7.90. The molecule has 1 rings (SSSR count). The minimum absolute atomic E-state index is 0.149. The van der Waals surface area contributed by atoms with Gasteiger partial charge in [-0.05, 0) is 63.8 Å². The molecule has 2 heteroatoms. The predicted molar refractivity (Wildman–Crippen MR) is 85.5 cm³/mol. The summed E-state index contributed by atoms with van der Waals surface area (Å²) in [4.78, 5) is 0. The number of hydrogen-bond acceptors (Lipinski definition) is 1. The second-order valence-electron chi connectivity index (χ2n) is 6.82. The fourth-order valence-electron chi connectivity index (χ4n) is 2.36. The third-order valence-electron chi connectivity index (χ3n) is 3.57. The van der Waals surface area contributed by atoms with Crippen LogP contribution in [0.3, 0.4) is 0 Å². The van der Waals surface area contributed by atoms with Gasteiger partial charge in [-0.2, -0.15) is 0 Å². The zero-order valence-corrected chi connectivity index (χ0v) is 13.5. The van der Waals surface area contributed by atoms with Crippen LogP contribution in [0.2, 0.25) is 0 Å². The second kappa shape index (κ2) is 8.41. The monoisotopic (exact) mass is 279 g/mol. The topological polar surface area (TPSA) is 12.0 Å². The molecule has 0 amide bonds. The lowest BCUT2D eigenvalue weighted by Crippen LogP contribution is -2.39. The van der Waals surface area contributed by atoms with Crippen LogP contribution in [0, 0.1) is 11.7 Å². The van der Waals surface area contributed by atoms with Crippen LogP contribution in [0.15, 0.2) is 24.3 Å². The highest BCUT2D eigenvalue weighted by molar-refractivity contribution is 5.16. The number of nitrogens with one attached hydrogen (secondary N) is 1. The van der Waals surface area contributed by atoms with Gasteiger partial charge in [-0.3, -0.25) is 0 Å². The van der Waals surface area contributed by atoms with E-state index >= 15 is 0 Å². The molecule has 20 heavy (non-hydrogen) atoms. The Morgan fingerprint density at radius 2 is 1.75 bits per heavy atom. The van der Waals surface area contributed by atoms with E-state index in [1.807, 2.05) is 12.1 Å². The maximum Gasteiger partial charge on any atom is 0.123 e. The van der Waals surface area contributed by atoms with Crippen molar-refractivity contribution in [1.82, 2.24) is 5.32 Å². The molecule has 1 N–H and O–H groups in total. The maximum absolute atomic E-state index is 13.0. The summed E-state index contributed by atoms with van der Waals surface area (Å²) < 4.78 is 13.0. The Balaban J connectivity index is 2.54. The van der Waals surface area contributed by atoms with E-state index in [2.05, 4.69) is 33.0 Å². The van der Waals surface area contributed by atoms with Crippen molar-refractivity contribution in [3.05, 3.63) is 35.6 Å². The minimum Gasteiger partial charge on any atom is -0.312 e. The van der Waals surface area contributed by atoms with E-state index in [1.165, 1.54) is 31.2 Å². The SMILES string of the molecule is CCCCCC(CNC(C)(C)C)Cc1ccc(F)cc1. The Kier molecular flexibility index (Phi) is 7.22. The summed E-state index contributed by atoms with van der Waals surface area (Å²) >= 11 is 0. The van der Waals surface area contributed by atoms with E-state index in [4.69, 9.17) is 0 Å². The number of benzene rings is 1. The van der Waals surface area contributed by atoms with Crippen LogP contribution in [0.25, 0.3) is 0 Å². The fourth-order valence-corrected chi connectivity index (χ4v) is 2.36. The highest BCUT2D eigenvalue weighted by atomic mass is 19.1. The molecule has 1 aromatic carbocycles. The molecule has 0 radical (unpaired) electrons. The average Bonchev–Trinajstić information content (AvgIpc) is 2.37. The lowest BCUT2D eigenvalue weighted by molar-refractivity contribution is 0.350. The van der Waals surface area contributed by atoms with Crippen molar-refractivity contribution in [2.75, 3.05) is 6.54 Å². The summed E-state index contributed by atoms with van der Waals surface area (Å²) in [5, 5.41) is 3.61. The van der Waals surface area contributed by atoms with Gasteiger partial charge in [0.1, 0.15) is 5.82 Å². The molecule has 1 atom stereocenters. The van der Waals surface area contributed by atoms with E-state index in [-0.39, 0.29) is 11.4 Å². The molecule has 1 aromatic rings. The maximum atomic E-state index is 13.0. The van der Waals surface area contributed by atoms with Crippen LogP contribution in [0.4, 0.5) is 4.39 Å². The van der Waals surface area contributed by atoms with E-state index < -0.39 is 0 Å². The first-order chi connectivity index (χ1) is 9.40. The molecule has 0 spiro atoms. The zero-order valence-electron chi connectivity index (χ0n) is 13.5. The number of unbranched alkanes of at least 4 members (excludes halogenated alkanes) is 2. The van der Waals surface area contributed by atoms with Crippen LogP contribution < -0.4 is 5.32 Å². The first-order valence-electron chi connectivity index (χ1n) is 7.90. The third-order valence-corrected chi connectivity index (χ3v) is 3.57. The van der Waals surface area contributed by atoms with Crippen molar-refractivity contribution < 1.29 is 4.39 Å². The van der Waals surface area contributed by atoms with Crippen molar-refractivity contribution >= 4 is 0 Å². The number of halogens is 1. The summed E-state index contributed by atoms with van der Waals surface area (Å²) in [7, 11) is 0. The van der Waals surface area contributed by atoms with Gasteiger partial charge in [0.15, 0.2) is 0 Å². The fraction of sp³-hybridized carbons (Fsp3) is 0.667. The van der Waals surface area contributed by atoms with Gasteiger partial charge in [-0.15, -0.1) is 0 Å². The van der Waals surface area contributed by atoms with Gasteiger partial charge in [-0.25, -0.2) is 4.39 Å². The van der Waals surface area contributed by atoms with Crippen molar-refractivity contribution in [1.29, 1.82) is 0 Å². The van der Waals surface area contributed by atoms with Gasteiger partial charge in [0, 0.05) is 5.54 Å². The van der Waals surface area contributed by atoms with E-state index in [0.717, 1.165) is 13.0 Å². The van der Waals surface area contributed by atoms with Gasteiger partial charge in [0.25, 0.3) is 0 Å². The predicted octanol–water partition coefficient (Wildman–Crippen LogP) is 4.95.